The van der Waals surface area contributed by atoms with Crippen LogP contribution < -0.4 is 11.1 Å². The fraction of sp³-hybridized carbons (Fsp3) is 0.900. The minimum absolute atomic E-state index is 0. The lowest BCUT2D eigenvalue weighted by Gasteiger charge is -2.34. The first-order valence-electron chi connectivity index (χ1n) is 5.55. The van der Waals surface area contributed by atoms with E-state index >= 15 is 0 Å². The zero-order valence-corrected chi connectivity index (χ0v) is 11.0. The Morgan fingerprint density at radius 3 is 2.38 bits per heavy atom. The summed E-state index contributed by atoms with van der Waals surface area (Å²) in [7, 11) is 0. The van der Waals surface area contributed by atoms with Crippen molar-refractivity contribution in [1.82, 2.24) is 10.2 Å². The summed E-state index contributed by atoms with van der Waals surface area (Å²) >= 11 is 0. The van der Waals surface area contributed by atoms with Crippen molar-refractivity contribution < 1.29 is 4.79 Å². The first-order chi connectivity index (χ1) is 6.79. The van der Waals surface area contributed by atoms with Crippen LogP contribution in [0.1, 0.15) is 25.7 Å². The minimum Gasteiger partial charge on any atom is -0.368 e. The van der Waals surface area contributed by atoms with Crippen molar-refractivity contribution in [1.29, 1.82) is 0 Å². The molecule has 2 rings (SSSR count). The van der Waals surface area contributed by atoms with E-state index in [9.17, 15) is 4.79 Å². The first-order valence-corrected chi connectivity index (χ1v) is 5.55. The van der Waals surface area contributed by atoms with Crippen molar-refractivity contribution in [3.8, 4) is 0 Å². The van der Waals surface area contributed by atoms with Gasteiger partial charge in [-0.25, -0.2) is 0 Å². The summed E-state index contributed by atoms with van der Waals surface area (Å²) in [6.45, 7) is 3.21. The van der Waals surface area contributed by atoms with Gasteiger partial charge in [-0.1, -0.05) is 0 Å². The molecule has 6 heteroatoms. The molecule has 0 aromatic heterocycles. The van der Waals surface area contributed by atoms with Gasteiger partial charge in [0.2, 0.25) is 5.91 Å². The number of nitrogens with zero attached hydrogens (tertiary/aromatic N) is 1. The van der Waals surface area contributed by atoms with Gasteiger partial charge in [0, 0.05) is 6.04 Å². The zero-order valence-electron chi connectivity index (χ0n) is 9.35. The van der Waals surface area contributed by atoms with E-state index in [0.29, 0.717) is 6.04 Å². The molecule has 0 saturated carbocycles. The summed E-state index contributed by atoms with van der Waals surface area (Å²) < 4.78 is 0. The topological polar surface area (TPSA) is 58.4 Å². The zero-order chi connectivity index (χ0) is 9.97. The minimum atomic E-state index is -0.138. The van der Waals surface area contributed by atoms with Gasteiger partial charge >= 0.3 is 0 Å². The number of hydrogen-bond donors (Lipinski definition) is 2. The second-order valence-corrected chi connectivity index (χ2v) is 4.28. The number of nitrogens with one attached hydrogen (secondary N) is 1. The predicted octanol–water partition coefficient (Wildman–Crippen LogP) is 0.532. The standard InChI is InChI=1S/C10H19N3O.2ClH/c11-10(14)9-2-1-7-13(9)8-3-5-12-6-4-8;;/h8-9,12H,1-7H2,(H2,11,14);2*1H/t9-;;/m0../s1. The molecule has 1 atom stereocenters. The molecule has 1 amide bonds. The largest absolute Gasteiger partial charge is 0.368 e. The molecule has 0 aliphatic carbocycles. The second kappa shape index (κ2) is 7.33. The van der Waals surface area contributed by atoms with Gasteiger partial charge in [-0.15, -0.1) is 24.8 Å². The lowest BCUT2D eigenvalue weighted by molar-refractivity contribution is -0.123. The summed E-state index contributed by atoms with van der Waals surface area (Å²) in [6, 6.07) is 0.592. The maximum absolute atomic E-state index is 11.2. The summed E-state index contributed by atoms with van der Waals surface area (Å²) in [4.78, 5) is 13.5. The van der Waals surface area contributed by atoms with Crippen molar-refractivity contribution >= 4 is 30.7 Å². The number of rotatable bonds is 2. The first kappa shape index (κ1) is 16.0. The van der Waals surface area contributed by atoms with Gasteiger partial charge in [-0.2, -0.15) is 0 Å². The predicted molar refractivity (Wildman–Crippen MR) is 69.3 cm³/mol. The van der Waals surface area contributed by atoms with Gasteiger partial charge in [0.05, 0.1) is 6.04 Å². The molecule has 0 aromatic carbocycles. The Labute approximate surface area is 109 Å². The van der Waals surface area contributed by atoms with Crippen LogP contribution in [-0.4, -0.2) is 42.5 Å². The molecule has 4 nitrogen and oxygen atoms in total. The Balaban J connectivity index is 0.00000112. The molecule has 2 fully saturated rings. The Bertz CT molecular complexity index is 222. The third-order valence-electron chi connectivity index (χ3n) is 3.40. The molecule has 2 aliphatic heterocycles. The van der Waals surface area contributed by atoms with Gasteiger partial charge < -0.3 is 11.1 Å². The van der Waals surface area contributed by atoms with Gasteiger partial charge in [0.25, 0.3) is 0 Å². The number of halogens is 2. The molecule has 0 spiro atoms. The fourth-order valence-electron chi connectivity index (χ4n) is 2.67. The highest BCUT2D eigenvalue weighted by Crippen LogP contribution is 2.23. The monoisotopic (exact) mass is 269 g/mol. The molecule has 2 saturated heterocycles. The summed E-state index contributed by atoms with van der Waals surface area (Å²) in [5.41, 5.74) is 5.40. The molecule has 2 heterocycles. The van der Waals surface area contributed by atoms with Crippen LogP contribution in [0.3, 0.4) is 0 Å². The summed E-state index contributed by atoms with van der Waals surface area (Å²) in [6.07, 6.45) is 4.39. The number of carbonyl (C=O) groups is 1. The average Bonchev–Trinajstić information content (AvgIpc) is 2.67. The number of hydrogen-bond acceptors (Lipinski definition) is 3. The molecular formula is C10H21Cl2N3O. The Kier molecular flexibility index (Phi) is 7.31. The van der Waals surface area contributed by atoms with E-state index in [2.05, 4.69) is 10.2 Å². The highest BCUT2D eigenvalue weighted by Gasteiger charge is 2.34. The Morgan fingerprint density at radius 1 is 1.19 bits per heavy atom. The second-order valence-electron chi connectivity index (χ2n) is 4.28. The average molecular weight is 270 g/mol. The van der Waals surface area contributed by atoms with E-state index in [-0.39, 0.29) is 36.8 Å². The smallest absolute Gasteiger partial charge is 0.234 e. The van der Waals surface area contributed by atoms with Gasteiger partial charge in [-0.05, 0) is 45.3 Å². The van der Waals surface area contributed by atoms with E-state index in [1.165, 1.54) is 0 Å². The number of piperidine rings is 1. The number of carbonyl (C=O) groups excluding carboxylic acids is 1. The third kappa shape index (κ3) is 3.48. The molecule has 0 radical (unpaired) electrons. The molecule has 96 valence electrons. The number of amides is 1. The van der Waals surface area contributed by atoms with E-state index in [0.717, 1.165) is 45.3 Å². The Morgan fingerprint density at radius 2 is 1.81 bits per heavy atom. The molecule has 3 N–H and O–H groups in total. The van der Waals surface area contributed by atoms with Crippen molar-refractivity contribution in [3.63, 3.8) is 0 Å². The summed E-state index contributed by atoms with van der Waals surface area (Å²) in [5, 5.41) is 3.34. The van der Waals surface area contributed by atoms with Crippen molar-refractivity contribution in [3.05, 3.63) is 0 Å². The molecule has 0 unspecified atom stereocenters. The third-order valence-corrected chi connectivity index (χ3v) is 3.40. The van der Waals surface area contributed by atoms with Gasteiger partial charge in [0.15, 0.2) is 0 Å². The summed E-state index contributed by atoms with van der Waals surface area (Å²) in [5.74, 6) is -0.138. The highest BCUT2D eigenvalue weighted by atomic mass is 35.5. The van der Waals surface area contributed by atoms with Crippen molar-refractivity contribution in [2.45, 2.75) is 37.8 Å². The molecule has 2 aliphatic rings. The SMILES string of the molecule is Cl.Cl.NC(=O)[C@@H]1CCCN1C1CCNCC1. The number of nitrogens with two attached hydrogens (primary N) is 1. The normalized spacial score (nSPS) is 26.9. The van der Waals surface area contributed by atoms with Gasteiger partial charge in [-0.3, -0.25) is 9.69 Å². The lowest BCUT2D eigenvalue weighted by atomic mass is 10.0. The maximum atomic E-state index is 11.2. The van der Waals surface area contributed by atoms with Crippen molar-refractivity contribution in [2.24, 2.45) is 5.73 Å². The van der Waals surface area contributed by atoms with Crippen LogP contribution in [0, 0.1) is 0 Å². The van der Waals surface area contributed by atoms with Crippen LogP contribution in [0.15, 0.2) is 0 Å². The molecule has 0 aromatic rings. The molecular weight excluding hydrogens is 249 g/mol. The van der Waals surface area contributed by atoms with Crippen LogP contribution in [0.5, 0.6) is 0 Å². The lowest BCUT2D eigenvalue weighted by Crippen LogP contribution is -2.49. The fourth-order valence-corrected chi connectivity index (χ4v) is 2.67. The molecule has 16 heavy (non-hydrogen) atoms. The van der Waals surface area contributed by atoms with Crippen LogP contribution in [0.4, 0.5) is 0 Å². The van der Waals surface area contributed by atoms with E-state index in [1.807, 2.05) is 0 Å². The Hall–Kier alpha value is -0.0300. The highest BCUT2D eigenvalue weighted by molar-refractivity contribution is 5.85. The van der Waals surface area contributed by atoms with Crippen LogP contribution in [0.2, 0.25) is 0 Å². The maximum Gasteiger partial charge on any atom is 0.234 e. The van der Waals surface area contributed by atoms with Crippen LogP contribution in [-0.2, 0) is 4.79 Å². The van der Waals surface area contributed by atoms with E-state index in [1.54, 1.807) is 0 Å². The van der Waals surface area contributed by atoms with Crippen LogP contribution >= 0.6 is 24.8 Å². The van der Waals surface area contributed by atoms with E-state index < -0.39 is 0 Å². The number of primary amides is 1. The van der Waals surface area contributed by atoms with Gasteiger partial charge in [0.1, 0.15) is 0 Å². The van der Waals surface area contributed by atoms with Crippen LogP contribution in [0.25, 0.3) is 0 Å². The quantitative estimate of drug-likeness (QED) is 0.769. The van der Waals surface area contributed by atoms with Crippen molar-refractivity contribution in [2.75, 3.05) is 19.6 Å². The molecule has 0 bridgehead atoms. The van der Waals surface area contributed by atoms with E-state index in [4.69, 9.17) is 5.73 Å². The number of likely N-dealkylation sites (tertiary alicyclic amines) is 1.